The zero-order valence-electron chi connectivity index (χ0n) is 8.09. The van der Waals surface area contributed by atoms with Crippen LogP contribution >= 0.6 is 22.6 Å². The Kier molecular flexibility index (Phi) is 2.96. The largest absolute Gasteiger partial charge is 0.394 e. The van der Waals surface area contributed by atoms with Crippen LogP contribution in [-0.2, 0) is 0 Å². The van der Waals surface area contributed by atoms with Crippen LogP contribution in [0.25, 0.3) is 0 Å². The Morgan fingerprint density at radius 3 is 2.93 bits per heavy atom. The van der Waals surface area contributed by atoms with Crippen LogP contribution in [0.3, 0.4) is 0 Å². The van der Waals surface area contributed by atoms with E-state index in [0.29, 0.717) is 9.39 Å². The van der Waals surface area contributed by atoms with E-state index in [-0.39, 0.29) is 17.7 Å². The highest BCUT2D eigenvalue weighted by molar-refractivity contribution is 14.1. The van der Waals surface area contributed by atoms with Gasteiger partial charge in [0, 0.05) is 0 Å². The first-order chi connectivity index (χ1) is 7.17. The van der Waals surface area contributed by atoms with Gasteiger partial charge in [0.1, 0.15) is 9.39 Å². The molecule has 0 spiro atoms. The second kappa shape index (κ2) is 4.09. The first-order valence-electron chi connectivity index (χ1n) is 4.79. The molecule has 6 heteroatoms. The number of nitrogens with zero attached hydrogens (tertiary/aromatic N) is 1. The van der Waals surface area contributed by atoms with Gasteiger partial charge < -0.3 is 15.4 Å². The maximum absolute atomic E-state index is 11.3. The van der Waals surface area contributed by atoms with Crippen molar-refractivity contribution in [3.05, 3.63) is 20.3 Å². The summed E-state index contributed by atoms with van der Waals surface area (Å²) < 4.78 is 0.537. The standard InChI is InChI=1S/C9H12IN3O2/c10-6-7(11-5-12-8(6)15)13-9(4-14)2-1-3-9/h5,14H,1-4H2,(H2,11,12,13,15). The van der Waals surface area contributed by atoms with Gasteiger partial charge in [-0.1, -0.05) is 0 Å². The van der Waals surface area contributed by atoms with E-state index >= 15 is 0 Å². The molecule has 0 aliphatic heterocycles. The van der Waals surface area contributed by atoms with Crippen LogP contribution in [0.4, 0.5) is 5.82 Å². The lowest BCUT2D eigenvalue weighted by molar-refractivity contribution is 0.143. The van der Waals surface area contributed by atoms with Crippen molar-refractivity contribution in [2.24, 2.45) is 0 Å². The third-order valence-corrected chi connectivity index (χ3v) is 3.79. The molecule has 1 aromatic rings. The van der Waals surface area contributed by atoms with E-state index in [1.54, 1.807) is 0 Å². The number of aromatic nitrogens is 2. The van der Waals surface area contributed by atoms with Gasteiger partial charge in [0.05, 0.1) is 18.5 Å². The van der Waals surface area contributed by atoms with Gasteiger partial charge in [-0.2, -0.15) is 0 Å². The number of rotatable bonds is 3. The molecule has 1 aliphatic rings. The number of nitrogens with one attached hydrogen (secondary N) is 2. The van der Waals surface area contributed by atoms with E-state index < -0.39 is 0 Å². The first kappa shape index (κ1) is 10.9. The first-order valence-corrected chi connectivity index (χ1v) is 5.87. The van der Waals surface area contributed by atoms with E-state index in [2.05, 4.69) is 15.3 Å². The molecule has 1 saturated carbocycles. The van der Waals surface area contributed by atoms with E-state index in [9.17, 15) is 9.90 Å². The maximum atomic E-state index is 11.3. The molecule has 15 heavy (non-hydrogen) atoms. The normalized spacial score (nSPS) is 18.3. The van der Waals surface area contributed by atoms with Gasteiger partial charge >= 0.3 is 0 Å². The molecule has 5 nitrogen and oxygen atoms in total. The van der Waals surface area contributed by atoms with E-state index in [4.69, 9.17) is 0 Å². The number of aliphatic hydroxyl groups is 1. The molecule has 1 aliphatic carbocycles. The Morgan fingerprint density at radius 1 is 1.67 bits per heavy atom. The molecule has 1 heterocycles. The highest BCUT2D eigenvalue weighted by Crippen LogP contribution is 2.34. The Bertz CT molecular complexity index is 409. The zero-order valence-corrected chi connectivity index (χ0v) is 10.2. The third-order valence-electron chi connectivity index (χ3n) is 2.79. The smallest absolute Gasteiger partial charge is 0.266 e. The van der Waals surface area contributed by atoms with Crippen molar-refractivity contribution in [3.8, 4) is 0 Å². The van der Waals surface area contributed by atoms with Crippen LogP contribution < -0.4 is 10.9 Å². The number of aliphatic hydroxyl groups excluding tert-OH is 1. The summed E-state index contributed by atoms with van der Waals surface area (Å²) in [5.74, 6) is 0.563. The summed E-state index contributed by atoms with van der Waals surface area (Å²) in [6, 6.07) is 0. The summed E-state index contributed by atoms with van der Waals surface area (Å²) >= 11 is 1.95. The number of hydrogen-bond donors (Lipinski definition) is 3. The third kappa shape index (κ3) is 2.00. The summed E-state index contributed by atoms with van der Waals surface area (Å²) in [5, 5.41) is 12.4. The number of hydrogen-bond acceptors (Lipinski definition) is 4. The van der Waals surface area contributed by atoms with Gasteiger partial charge in [-0.15, -0.1) is 0 Å². The van der Waals surface area contributed by atoms with E-state index in [1.807, 2.05) is 22.6 Å². The minimum atomic E-state index is -0.263. The van der Waals surface area contributed by atoms with Gasteiger partial charge in [-0.05, 0) is 41.9 Å². The highest BCUT2D eigenvalue weighted by Gasteiger charge is 2.37. The number of aromatic amines is 1. The fourth-order valence-corrected chi connectivity index (χ4v) is 2.08. The van der Waals surface area contributed by atoms with E-state index in [1.165, 1.54) is 6.33 Å². The monoisotopic (exact) mass is 321 g/mol. The molecule has 3 N–H and O–H groups in total. The number of anilines is 1. The van der Waals surface area contributed by atoms with Crippen molar-refractivity contribution in [2.75, 3.05) is 11.9 Å². The van der Waals surface area contributed by atoms with Gasteiger partial charge in [-0.3, -0.25) is 4.79 Å². The highest BCUT2D eigenvalue weighted by atomic mass is 127. The van der Waals surface area contributed by atoms with Crippen molar-refractivity contribution in [1.82, 2.24) is 9.97 Å². The zero-order chi connectivity index (χ0) is 10.9. The molecule has 0 bridgehead atoms. The molecule has 82 valence electrons. The fourth-order valence-electron chi connectivity index (χ4n) is 1.65. The minimum Gasteiger partial charge on any atom is -0.394 e. The van der Waals surface area contributed by atoms with Crippen molar-refractivity contribution in [2.45, 2.75) is 24.8 Å². The minimum absolute atomic E-state index is 0.0809. The maximum Gasteiger partial charge on any atom is 0.266 e. The van der Waals surface area contributed by atoms with Gasteiger partial charge in [0.15, 0.2) is 0 Å². The average Bonchev–Trinajstić information content (AvgIpc) is 2.18. The van der Waals surface area contributed by atoms with Crippen LogP contribution in [0.15, 0.2) is 11.1 Å². The summed E-state index contributed by atoms with van der Waals surface area (Å²) in [6.45, 7) is 0.0809. The van der Waals surface area contributed by atoms with Crippen molar-refractivity contribution in [3.63, 3.8) is 0 Å². The van der Waals surface area contributed by atoms with Crippen LogP contribution in [0.2, 0.25) is 0 Å². The second-order valence-electron chi connectivity index (χ2n) is 3.81. The Labute approximate surface area is 100 Å². The molecular formula is C9H12IN3O2. The van der Waals surface area contributed by atoms with Gasteiger partial charge in [-0.25, -0.2) is 4.98 Å². The van der Waals surface area contributed by atoms with Crippen molar-refractivity contribution in [1.29, 1.82) is 0 Å². The Morgan fingerprint density at radius 2 is 2.40 bits per heavy atom. The number of H-pyrrole nitrogens is 1. The van der Waals surface area contributed by atoms with Crippen LogP contribution in [0.1, 0.15) is 19.3 Å². The Balaban J connectivity index is 2.24. The lowest BCUT2D eigenvalue weighted by atomic mass is 9.77. The fraction of sp³-hybridized carbons (Fsp3) is 0.556. The van der Waals surface area contributed by atoms with Crippen LogP contribution in [0.5, 0.6) is 0 Å². The van der Waals surface area contributed by atoms with Crippen molar-refractivity contribution < 1.29 is 5.11 Å². The molecule has 0 radical (unpaired) electrons. The average molecular weight is 321 g/mol. The lowest BCUT2D eigenvalue weighted by Gasteiger charge is -2.41. The second-order valence-corrected chi connectivity index (χ2v) is 4.89. The predicted molar refractivity (Wildman–Crippen MR) is 64.9 cm³/mol. The lowest BCUT2D eigenvalue weighted by Crippen LogP contribution is -2.49. The molecule has 1 aromatic heterocycles. The molecule has 0 unspecified atom stereocenters. The molecule has 0 saturated heterocycles. The Hall–Kier alpha value is -0.630. The summed E-state index contributed by atoms with van der Waals surface area (Å²) in [6.07, 6.45) is 4.33. The molecule has 0 atom stereocenters. The molecule has 0 amide bonds. The molecule has 1 fully saturated rings. The summed E-state index contributed by atoms with van der Waals surface area (Å²) in [7, 11) is 0. The molecule has 0 aromatic carbocycles. The summed E-state index contributed by atoms with van der Waals surface area (Å²) in [5.41, 5.74) is -0.415. The van der Waals surface area contributed by atoms with Crippen LogP contribution in [0, 0.1) is 3.57 Å². The van der Waals surface area contributed by atoms with Gasteiger partial charge in [0.2, 0.25) is 0 Å². The van der Waals surface area contributed by atoms with Crippen LogP contribution in [-0.4, -0.2) is 27.2 Å². The summed E-state index contributed by atoms with van der Waals surface area (Å²) in [4.78, 5) is 17.9. The van der Waals surface area contributed by atoms with Gasteiger partial charge in [0.25, 0.3) is 5.56 Å². The van der Waals surface area contributed by atoms with Crippen molar-refractivity contribution >= 4 is 28.4 Å². The number of halogens is 1. The molecular weight excluding hydrogens is 309 g/mol. The van der Waals surface area contributed by atoms with E-state index in [0.717, 1.165) is 19.3 Å². The quantitative estimate of drug-likeness (QED) is 0.716. The topological polar surface area (TPSA) is 78.0 Å². The predicted octanol–water partition coefficient (Wildman–Crippen LogP) is 0.701. The SMILES string of the molecule is O=c1[nH]cnc(NC2(CO)CCC2)c1I. The molecule has 2 rings (SSSR count).